The molecule has 1 rings (SSSR count). The van der Waals surface area contributed by atoms with Gasteiger partial charge in [0, 0.05) is 18.3 Å². The zero-order valence-corrected chi connectivity index (χ0v) is 16.4. The summed E-state index contributed by atoms with van der Waals surface area (Å²) in [6.45, 7) is 7.53. The summed E-state index contributed by atoms with van der Waals surface area (Å²) in [5.74, 6) is -2.08. The van der Waals surface area contributed by atoms with E-state index in [0.29, 0.717) is 5.69 Å². The fourth-order valence-electron chi connectivity index (χ4n) is 2.57. The SMILES string of the molecule is CCC(C)C(N)C(=O)NC(Cc1cnc[nH]1)C(=O)NC(CC(C)C)C(=O)O. The second-order valence-electron chi connectivity index (χ2n) is 7.28. The van der Waals surface area contributed by atoms with Crippen LogP contribution in [0.1, 0.15) is 46.2 Å². The Morgan fingerprint density at radius 1 is 1.19 bits per heavy atom. The van der Waals surface area contributed by atoms with Crippen molar-refractivity contribution in [3.8, 4) is 0 Å². The Bertz CT molecular complexity index is 617. The number of amides is 2. The summed E-state index contributed by atoms with van der Waals surface area (Å²) in [4.78, 5) is 43.3. The second-order valence-corrected chi connectivity index (χ2v) is 7.28. The molecule has 0 fully saturated rings. The average molecular weight is 381 g/mol. The van der Waals surface area contributed by atoms with Gasteiger partial charge in [-0.3, -0.25) is 9.59 Å². The van der Waals surface area contributed by atoms with Crippen LogP contribution in [0.3, 0.4) is 0 Å². The molecule has 0 bridgehead atoms. The molecule has 1 aromatic heterocycles. The van der Waals surface area contributed by atoms with Crippen LogP contribution in [0.25, 0.3) is 0 Å². The molecule has 6 N–H and O–H groups in total. The number of hydrogen-bond acceptors (Lipinski definition) is 5. The van der Waals surface area contributed by atoms with Crippen LogP contribution in [0.2, 0.25) is 0 Å². The Morgan fingerprint density at radius 2 is 1.81 bits per heavy atom. The summed E-state index contributed by atoms with van der Waals surface area (Å²) in [6, 6.07) is -2.73. The van der Waals surface area contributed by atoms with Crippen molar-refractivity contribution < 1.29 is 19.5 Å². The number of H-pyrrole nitrogens is 1. The van der Waals surface area contributed by atoms with Gasteiger partial charge in [-0.15, -0.1) is 0 Å². The van der Waals surface area contributed by atoms with Crippen LogP contribution in [0, 0.1) is 11.8 Å². The molecule has 0 aliphatic carbocycles. The van der Waals surface area contributed by atoms with Crippen LogP contribution >= 0.6 is 0 Å². The third-order valence-electron chi connectivity index (χ3n) is 4.49. The summed E-state index contributed by atoms with van der Waals surface area (Å²) < 4.78 is 0. The first-order chi connectivity index (χ1) is 12.6. The minimum Gasteiger partial charge on any atom is -0.480 e. The Kier molecular flexibility index (Phi) is 8.93. The molecule has 0 aromatic carbocycles. The molecule has 27 heavy (non-hydrogen) atoms. The number of rotatable bonds is 11. The summed E-state index contributed by atoms with van der Waals surface area (Å²) in [5.41, 5.74) is 6.59. The van der Waals surface area contributed by atoms with Crippen molar-refractivity contribution in [1.82, 2.24) is 20.6 Å². The van der Waals surface area contributed by atoms with E-state index < -0.39 is 35.9 Å². The van der Waals surface area contributed by atoms with E-state index >= 15 is 0 Å². The van der Waals surface area contributed by atoms with Crippen LogP contribution in [0.15, 0.2) is 12.5 Å². The number of hydrogen-bond donors (Lipinski definition) is 5. The fourth-order valence-corrected chi connectivity index (χ4v) is 2.57. The van der Waals surface area contributed by atoms with Gasteiger partial charge in [-0.25, -0.2) is 9.78 Å². The number of aromatic nitrogens is 2. The maximum absolute atomic E-state index is 12.7. The molecule has 152 valence electrons. The van der Waals surface area contributed by atoms with Gasteiger partial charge < -0.3 is 26.5 Å². The Morgan fingerprint density at radius 3 is 2.30 bits per heavy atom. The van der Waals surface area contributed by atoms with E-state index in [4.69, 9.17) is 5.73 Å². The molecular formula is C18H31N5O4. The molecule has 0 saturated heterocycles. The monoisotopic (exact) mass is 381 g/mol. The zero-order chi connectivity index (χ0) is 20.6. The molecule has 9 heteroatoms. The van der Waals surface area contributed by atoms with Crippen LogP contribution in [-0.4, -0.2) is 51.0 Å². The number of nitrogens with one attached hydrogen (secondary N) is 3. The minimum absolute atomic E-state index is 0.0476. The largest absolute Gasteiger partial charge is 0.480 e. The molecule has 0 aliphatic rings. The van der Waals surface area contributed by atoms with Gasteiger partial charge in [0.05, 0.1) is 12.4 Å². The summed E-state index contributed by atoms with van der Waals surface area (Å²) in [5, 5.41) is 14.5. The highest BCUT2D eigenvalue weighted by molar-refractivity contribution is 5.92. The van der Waals surface area contributed by atoms with Crippen LogP contribution < -0.4 is 16.4 Å². The molecule has 2 amide bonds. The van der Waals surface area contributed by atoms with E-state index in [-0.39, 0.29) is 24.7 Å². The third-order valence-corrected chi connectivity index (χ3v) is 4.49. The van der Waals surface area contributed by atoms with Crippen molar-refractivity contribution in [2.24, 2.45) is 17.6 Å². The molecule has 4 atom stereocenters. The van der Waals surface area contributed by atoms with Gasteiger partial charge in [-0.05, 0) is 18.3 Å². The van der Waals surface area contributed by atoms with Crippen LogP contribution in [-0.2, 0) is 20.8 Å². The van der Waals surface area contributed by atoms with Crippen molar-refractivity contribution in [2.45, 2.75) is 65.1 Å². The third kappa shape index (κ3) is 7.38. The lowest BCUT2D eigenvalue weighted by atomic mass is 9.98. The zero-order valence-electron chi connectivity index (χ0n) is 16.4. The summed E-state index contributed by atoms with van der Waals surface area (Å²) >= 11 is 0. The van der Waals surface area contributed by atoms with Gasteiger partial charge >= 0.3 is 5.97 Å². The first kappa shape index (κ1) is 22.6. The molecule has 4 unspecified atom stereocenters. The van der Waals surface area contributed by atoms with Crippen molar-refractivity contribution >= 4 is 17.8 Å². The molecular weight excluding hydrogens is 350 g/mol. The number of carboxylic acid groups (broad SMARTS) is 1. The van der Waals surface area contributed by atoms with Crippen molar-refractivity contribution in [2.75, 3.05) is 0 Å². The highest BCUT2D eigenvalue weighted by Gasteiger charge is 2.29. The number of carbonyl (C=O) groups excluding carboxylic acids is 2. The highest BCUT2D eigenvalue weighted by atomic mass is 16.4. The average Bonchev–Trinajstić information content (AvgIpc) is 3.11. The van der Waals surface area contributed by atoms with E-state index in [9.17, 15) is 19.5 Å². The number of carboxylic acids is 1. The van der Waals surface area contributed by atoms with Gasteiger partial charge in [0.15, 0.2) is 0 Å². The van der Waals surface area contributed by atoms with E-state index in [1.165, 1.54) is 6.33 Å². The molecule has 9 nitrogen and oxygen atoms in total. The molecule has 1 aromatic rings. The van der Waals surface area contributed by atoms with Gasteiger partial charge in [0.1, 0.15) is 12.1 Å². The second kappa shape index (κ2) is 10.7. The van der Waals surface area contributed by atoms with Crippen molar-refractivity contribution in [3.05, 3.63) is 18.2 Å². The fraction of sp³-hybridized carbons (Fsp3) is 0.667. The Labute approximate surface area is 159 Å². The summed E-state index contributed by atoms with van der Waals surface area (Å²) in [7, 11) is 0. The number of aromatic amines is 1. The minimum atomic E-state index is -1.11. The number of nitrogens with zero attached hydrogens (tertiary/aromatic N) is 1. The molecule has 0 saturated carbocycles. The lowest BCUT2D eigenvalue weighted by Crippen LogP contribution is -2.56. The maximum Gasteiger partial charge on any atom is 0.326 e. The standard InChI is InChI=1S/C18H31N5O4/c1-5-11(4)15(19)17(25)22-13(7-12-8-20-9-21-12)16(24)23-14(18(26)27)6-10(2)3/h8-11,13-15H,5-7,19H2,1-4H3,(H,20,21)(H,22,25)(H,23,24)(H,26,27). The molecule has 0 spiro atoms. The van der Waals surface area contributed by atoms with Crippen molar-refractivity contribution in [1.29, 1.82) is 0 Å². The van der Waals surface area contributed by atoms with Crippen LogP contribution in [0.4, 0.5) is 0 Å². The van der Waals surface area contributed by atoms with Gasteiger partial charge in [-0.2, -0.15) is 0 Å². The lowest BCUT2D eigenvalue weighted by Gasteiger charge is -2.24. The van der Waals surface area contributed by atoms with E-state index in [1.807, 2.05) is 27.7 Å². The highest BCUT2D eigenvalue weighted by Crippen LogP contribution is 2.09. The van der Waals surface area contributed by atoms with E-state index in [1.54, 1.807) is 6.20 Å². The number of imidazole rings is 1. The smallest absolute Gasteiger partial charge is 0.326 e. The maximum atomic E-state index is 12.7. The Hall–Kier alpha value is -2.42. The lowest BCUT2D eigenvalue weighted by molar-refractivity contribution is -0.142. The quantitative estimate of drug-likeness (QED) is 0.375. The van der Waals surface area contributed by atoms with Gasteiger partial charge in [0.25, 0.3) is 0 Å². The van der Waals surface area contributed by atoms with Crippen LogP contribution in [0.5, 0.6) is 0 Å². The number of carbonyl (C=O) groups is 3. The number of nitrogens with two attached hydrogens (primary N) is 1. The predicted octanol–water partition coefficient (Wildman–Crippen LogP) is 0.426. The van der Waals surface area contributed by atoms with Gasteiger partial charge in [-0.1, -0.05) is 34.1 Å². The van der Waals surface area contributed by atoms with E-state index in [0.717, 1.165) is 6.42 Å². The molecule has 0 aliphatic heterocycles. The predicted molar refractivity (Wildman–Crippen MR) is 101 cm³/mol. The van der Waals surface area contributed by atoms with E-state index in [2.05, 4.69) is 20.6 Å². The molecule has 1 heterocycles. The summed E-state index contributed by atoms with van der Waals surface area (Å²) in [6.07, 6.45) is 4.18. The van der Waals surface area contributed by atoms with Gasteiger partial charge in [0.2, 0.25) is 11.8 Å². The topological polar surface area (TPSA) is 150 Å². The first-order valence-electron chi connectivity index (χ1n) is 9.22. The first-order valence-corrected chi connectivity index (χ1v) is 9.22. The number of aliphatic carboxylic acids is 1. The molecule has 0 radical (unpaired) electrons. The Balaban J connectivity index is 2.91. The van der Waals surface area contributed by atoms with Crippen molar-refractivity contribution in [3.63, 3.8) is 0 Å². The normalized spacial score (nSPS) is 15.6.